The van der Waals surface area contributed by atoms with E-state index in [1.54, 1.807) is 0 Å². The Hall–Kier alpha value is -0.570. The molecule has 1 rings (SSSR count). The van der Waals surface area contributed by atoms with Crippen LogP contribution in [0, 0.1) is 0 Å². The molecule has 2 nitrogen and oxygen atoms in total. The van der Waals surface area contributed by atoms with E-state index in [1.807, 2.05) is 0 Å². The Labute approximate surface area is 169 Å². The van der Waals surface area contributed by atoms with Crippen molar-refractivity contribution in [2.45, 2.75) is 77.7 Å². The molecule has 0 aromatic heterocycles. The Bertz CT molecular complexity index is 408. The zero-order valence-corrected chi connectivity index (χ0v) is 18.3. The highest BCUT2D eigenvalue weighted by atomic mass is 35.5. The topological polar surface area (TPSA) is 9.23 Å². The molecule has 1 aromatic carbocycles. The minimum absolute atomic E-state index is 0. The molecule has 0 radical (unpaired) electrons. The first kappa shape index (κ1) is 25.4. The summed E-state index contributed by atoms with van der Waals surface area (Å²) in [6.07, 6.45) is 13.8. The molecule has 0 N–H and O–H groups in total. The van der Waals surface area contributed by atoms with Gasteiger partial charge in [-0.15, -0.1) is 0 Å². The van der Waals surface area contributed by atoms with Crippen molar-refractivity contribution in [3.05, 3.63) is 35.9 Å². The predicted molar refractivity (Wildman–Crippen MR) is 110 cm³/mol. The minimum Gasteiger partial charge on any atom is -1.00 e. The van der Waals surface area contributed by atoms with Crippen LogP contribution in [0.25, 0.3) is 0 Å². The van der Waals surface area contributed by atoms with Gasteiger partial charge in [-0.1, -0.05) is 95.0 Å². The Morgan fingerprint density at radius 1 is 0.731 bits per heavy atom. The lowest BCUT2D eigenvalue weighted by molar-refractivity contribution is -0.904. The summed E-state index contributed by atoms with van der Waals surface area (Å²) in [6.45, 7) is 6.24. The fourth-order valence-electron chi connectivity index (χ4n) is 3.26. The number of ether oxygens (including phenoxy) is 1. The second kappa shape index (κ2) is 16.6. The van der Waals surface area contributed by atoms with Crippen molar-refractivity contribution in [1.29, 1.82) is 0 Å². The molecule has 26 heavy (non-hydrogen) atoms. The predicted octanol–water partition coefficient (Wildman–Crippen LogP) is 3.20. The fraction of sp³-hybridized carbons (Fsp3) is 0.739. The third-order valence-corrected chi connectivity index (χ3v) is 4.94. The number of rotatable bonds is 16. The second-order valence-corrected chi connectivity index (χ2v) is 8.10. The molecule has 0 aliphatic rings. The lowest BCUT2D eigenvalue weighted by Crippen LogP contribution is -3.00. The van der Waals surface area contributed by atoms with Crippen LogP contribution < -0.4 is 12.4 Å². The molecule has 0 unspecified atom stereocenters. The second-order valence-electron chi connectivity index (χ2n) is 8.10. The molecule has 3 heteroatoms. The summed E-state index contributed by atoms with van der Waals surface area (Å²) >= 11 is 0. The van der Waals surface area contributed by atoms with Crippen LogP contribution in [0.1, 0.15) is 76.7 Å². The van der Waals surface area contributed by atoms with E-state index in [2.05, 4.69) is 51.4 Å². The van der Waals surface area contributed by atoms with Gasteiger partial charge < -0.3 is 21.6 Å². The molecule has 0 aliphatic carbocycles. The molecule has 0 fully saturated rings. The van der Waals surface area contributed by atoms with Crippen LogP contribution >= 0.6 is 0 Å². The average molecular weight is 384 g/mol. The summed E-state index contributed by atoms with van der Waals surface area (Å²) in [7, 11) is 4.58. The van der Waals surface area contributed by atoms with Crippen molar-refractivity contribution in [3.8, 4) is 0 Å². The molecule has 0 saturated heterocycles. The third-order valence-electron chi connectivity index (χ3n) is 4.94. The van der Waals surface area contributed by atoms with Gasteiger partial charge >= 0.3 is 0 Å². The van der Waals surface area contributed by atoms with Gasteiger partial charge in [0.15, 0.2) is 0 Å². The number of quaternary nitrogens is 1. The molecule has 0 saturated carbocycles. The zero-order valence-electron chi connectivity index (χ0n) is 17.5. The monoisotopic (exact) mass is 383 g/mol. The first-order valence-electron chi connectivity index (χ1n) is 10.6. The molecule has 0 atom stereocenters. The van der Waals surface area contributed by atoms with E-state index in [1.165, 1.54) is 69.8 Å². The average Bonchev–Trinajstić information content (AvgIpc) is 2.59. The van der Waals surface area contributed by atoms with E-state index in [0.717, 1.165) is 30.8 Å². The molecule has 0 bridgehead atoms. The molecular weight excluding hydrogens is 342 g/mol. The first-order valence-corrected chi connectivity index (χ1v) is 10.6. The van der Waals surface area contributed by atoms with Gasteiger partial charge in [0, 0.05) is 12.2 Å². The number of benzene rings is 1. The van der Waals surface area contributed by atoms with E-state index in [0.29, 0.717) is 0 Å². The highest BCUT2D eigenvalue weighted by molar-refractivity contribution is 5.13. The molecule has 0 aliphatic heterocycles. The van der Waals surface area contributed by atoms with Crippen LogP contribution in [0.5, 0.6) is 0 Å². The number of hydrogen-bond acceptors (Lipinski definition) is 1. The smallest absolute Gasteiger partial charge is 0.104 e. The summed E-state index contributed by atoms with van der Waals surface area (Å²) in [5.41, 5.74) is 1.40. The summed E-state index contributed by atoms with van der Waals surface area (Å²) in [5, 5.41) is 0. The summed E-state index contributed by atoms with van der Waals surface area (Å²) in [4.78, 5) is 0. The number of unbranched alkanes of at least 4 members (excludes halogenated alkanes) is 9. The lowest BCUT2D eigenvalue weighted by atomic mass is 10.1. The summed E-state index contributed by atoms with van der Waals surface area (Å²) in [5.74, 6) is 0. The fourth-order valence-corrected chi connectivity index (χ4v) is 3.26. The standard InChI is InChI=1S/C23H42NO.ClH/c1-4-5-6-7-8-9-10-11-12-16-20-25-21-19-24(2,3)22-23-17-14-13-15-18-23;/h13-15,17-18H,4-12,16,19-22H2,1-3H3;1H/q+1;/p-1. The number of likely N-dealkylation sites (N-methyl/N-ethyl adjacent to an activating group) is 1. The van der Waals surface area contributed by atoms with Gasteiger partial charge in [0.2, 0.25) is 0 Å². The highest BCUT2D eigenvalue weighted by Crippen LogP contribution is 2.11. The van der Waals surface area contributed by atoms with E-state index < -0.39 is 0 Å². The maximum absolute atomic E-state index is 5.86. The van der Waals surface area contributed by atoms with Crippen molar-refractivity contribution in [2.75, 3.05) is 33.9 Å². The van der Waals surface area contributed by atoms with E-state index in [9.17, 15) is 0 Å². The molecule has 0 heterocycles. The van der Waals surface area contributed by atoms with Crippen LogP contribution in [0.2, 0.25) is 0 Å². The van der Waals surface area contributed by atoms with Crippen LogP contribution in [0.3, 0.4) is 0 Å². The van der Waals surface area contributed by atoms with Crippen molar-refractivity contribution >= 4 is 0 Å². The largest absolute Gasteiger partial charge is 1.00 e. The maximum atomic E-state index is 5.86. The number of halogens is 1. The highest BCUT2D eigenvalue weighted by Gasteiger charge is 2.15. The maximum Gasteiger partial charge on any atom is 0.104 e. The summed E-state index contributed by atoms with van der Waals surface area (Å²) in [6, 6.07) is 10.8. The van der Waals surface area contributed by atoms with Crippen LogP contribution in [0.4, 0.5) is 0 Å². The van der Waals surface area contributed by atoms with Gasteiger partial charge in [-0.3, -0.25) is 0 Å². The van der Waals surface area contributed by atoms with Crippen LogP contribution in [0.15, 0.2) is 30.3 Å². The molecular formula is C23H42ClNO. The van der Waals surface area contributed by atoms with Crippen molar-refractivity contribution in [2.24, 2.45) is 0 Å². The molecule has 1 aromatic rings. The SMILES string of the molecule is CCCCCCCCCCCCOCC[N+](C)(C)Cc1ccccc1.[Cl-]. The first-order chi connectivity index (χ1) is 12.1. The number of hydrogen-bond donors (Lipinski definition) is 0. The van der Waals surface area contributed by atoms with E-state index in [4.69, 9.17) is 4.74 Å². The normalized spacial score (nSPS) is 11.3. The number of nitrogens with zero attached hydrogens (tertiary/aromatic N) is 1. The molecule has 0 amide bonds. The van der Waals surface area contributed by atoms with Crippen LogP contribution in [-0.4, -0.2) is 38.3 Å². The Morgan fingerprint density at radius 2 is 1.27 bits per heavy atom. The molecule has 152 valence electrons. The lowest BCUT2D eigenvalue weighted by Gasteiger charge is -2.29. The summed E-state index contributed by atoms with van der Waals surface area (Å²) < 4.78 is 6.85. The van der Waals surface area contributed by atoms with Gasteiger partial charge in [0.05, 0.1) is 20.7 Å². The van der Waals surface area contributed by atoms with Gasteiger partial charge in [0.1, 0.15) is 13.1 Å². The Balaban J connectivity index is 0.00000625. The van der Waals surface area contributed by atoms with Crippen molar-refractivity contribution < 1.29 is 21.6 Å². The Morgan fingerprint density at radius 3 is 1.85 bits per heavy atom. The van der Waals surface area contributed by atoms with Crippen molar-refractivity contribution in [1.82, 2.24) is 0 Å². The van der Waals surface area contributed by atoms with E-state index in [-0.39, 0.29) is 12.4 Å². The molecule has 0 spiro atoms. The quantitative estimate of drug-likeness (QED) is 0.314. The third kappa shape index (κ3) is 14.6. The van der Waals surface area contributed by atoms with Gasteiger partial charge in [0.25, 0.3) is 0 Å². The minimum atomic E-state index is 0. The van der Waals surface area contributed by atoms with Gasteiger partial charge in [-0.25, -0.2) is 0 Å². The van der Waals surface area contributed by atoms with Gasteiger partial charge in [-0.2, -0.15) is 0 Å². The van der Waals surface area contributed by atoms with E-state index >= 15 is 0 Å². The van der Waals surface area contributed by atoms with Gasteiger partial charge in [-0.05, 0) is 6.42 Å². The van der Waals surface area contributed by atoms with Crippen LogP contribution in [-0.2, 0) is 11.3 Å². The Kier molecular flexibility index (Phi) is 16.2. The zero-order chi connectivity index (χ0) is 18.2. The van der Waals surface area contributed by atoms with Crippen molar-refractivity contribution in [3.63, 3.8) is 0 Å².